The van der Waals surface area contributed by atoms with Crippen LogP contribution in [0.5, 0.6) is 5.19 Å². The van der Waals surface area contributed by atoms with Crippen LogP contribution in [0.1, 0.15) is 35.9 Å². The maximum atomic E-state index is 13.3. The number of hydrogen-bond donors (Lipinski definition) is 0. The van der Waals surface area contributed by atoms with E-state index >= 15 is 0 Å². The molecule has 0 spiro atoms. The zero-order chi connectivity index (χ0) is 19.0. The Bertz CT molecular complexity index is 975. The molecule has 1 aliphatic heterocycles. The highest BCUT2D eigenvalue weighted by atomic mass is 32.1. The summed E-state index contributed by atoms with van der Waals surface area (Å²) in [6, 6.07) is 6.38. The molecule has 1 aromatic carbocycles. The Balaban J connectivity index is 1.38. The molecule has 0 bridgehead atoms. The number of likely N-dealkylation sites (tertiary alicyclic amines) is 1. The number of amides is 1. The van der Waals surface area contributed by atoms with Gasteiger partial charge in [-0.05, 0) is 38.1 Å². The van der Waals surface area contributed by atoms with Gasteiger partial charge in [0.25, 0.3) is 11.1 Å². The molecule has 27 heavy (non-hydrogen) atoms. The number of ether oxygens (including phenoxy) is 1. The van der Waals surface area contributed by atoms with Crippen LogP contribution in [0.3, 0.4) is 0 Å². The molecule has 2 aromatic heterocycles. The predicted octanol–water partition coefficient (Wildman–Crippen LogP) is 3.64. The number of carbonyl (C=O) groups excluding carboxylic acids is 1. The van der Waals surface area contributed by atoms with Crippen LogP contribution in [0.15, 0.2) is 24.3 Å². The van der Waals surface area contributed by atoms with E-state index in [1.54, 1.807) is 10.7 Å². The minimum Gasteiger partial charge on any atom is -0.467 e. The first-order valence-electron chi connectivity index (χ1n) is 9.10. The highest BCUT2D eigenvalue weighted by Crippen LogP contribution is 2.30. The fourth-order valence-corrected chi connectivity index (χ4v) is 4.27. The smallest absolute Gasteiger partial charge is 0.274 e. The molecule has 0 atom stereocenters. The lowest BCUT2D eigenvalue weighted by Crippen LogP contribution is -2.42. The van der Waals surface area contributed by atoms with Gasteiger partial charge in [-0.3, -0.25) is 9.48 Å². The zero-order valence-electron chi connectivity index (χ0n) is 15.3. The van der Waals surface area contributed by atoms with Crippen LogP contribution in [-0.2, 0) is 6.54 Å². The average Bonchev–Trinajstić information content (AvgIpc) is 3.23. The Morgan fingerprint density at radius 1 is 1.33 bits per heavy atom. The van der Waals surface area contributed by atoms with Crippen LogP contribution in [0.2, 0.25) is 0 Å². The van der Waals surface area contributed by atoms with Gasteiger partial charge in [0, 0.05) is 32.5 Å². The van der Waals surface area contributed by atoms with Crippen molar-refractivity contribution < 1.29 is 13.9 Å². The lowest BCUT2D eigenvalue weighted by atomic mass is 10.1. The van der Waals surface area contributed by atoms with Gasteiger partial charge in [-0.15, -0.1) is 0 Å². The van der Waals surface area contributed by atoms with Crippen LogP contribution in [0, 0.1) is 12.7 Å². The van der Waals surface area contributed by atoms with E-state index in [9.17, 15) is 9.18 Å². The summed E-state index contributed by atoms with van der Waals surface area (Å²) in [7, 11) is 0. The molecular formula is C19H21FN4O2S. The Kier molecular flexibility index (Phi) is 4.82. The van der Waals surface area contributed by atoms with Gasteiger partial charge in [0.15, 0.2) is 0 Å². The summed E-state index contributed by atoms with van der Waals surface area (Å²) in [6.07, 6.45) is 1.50. The number of thiazole rings is 1. The number of halogens is 1. The second-order valence-electron chi connectivity index (χ2n) is 6.69. The molecule has 1 saturated heterocycles. The van der Waals surface area contributed by atoms with Gasteiger partial charge in [0.05, 0.1) is 15.9 Å². The molecule has 0 unspecified atom stereocenters. The molecule has 1 amide bonds. The number of aromatic nitrogens is 3. The molecule has 3 heterocycles. The summed E-state index contributed by atoms with van der Waals surface area (Å²) in [6.45, 7) is 5.82. The molecule has 8 heteroatoms. The summed E-state index contributed by atoms with van der Waals surface area (Å²) in [5.74, 6) is -0.252. The van der Waals surface area contributed by atoms with Crippen LogP contribution in [0.4, 0.5) is 4.39 Å². The SMILES string of the molecule is CCn1nc(C)cc1C(=O)N1CCC(Oc2nc3ccc(F)cc3s2)CC1. The third kappa shape index (κ3) is 3.66. The molecule has 1 aliphatic rings. The summed E-state index contributed by atoms with van der Waals surface area (Å²) >= 11 is 1.35. The Morgan fingerprint density at radius 2 is 2.11 bits per heavy atom. The van der Waals surface area contributed by atoms with E-state index in [-0.39, 0.29) is 17.8 Å². The Morgan fingerprint density at radius 3 is 2.85 bits per heavy atom. The summed E-state index contributed by atoms with van der Waals surface area (Å²) < 4.78 is 21.8. The molecule has 1 fully saturated rings. The van der Waals surface area contributed by atoms with Gasteiger partial charge in [-0.25, -0.2) is 9.37 Å². The highest BCUT2D eigenvalue weighted by molar-refractivity contribution is 7.20. The standard InChI is InChI=1S/C19H21FN4O2S/c1-3-24-16(10-12(2)22-24)18(25)23-8-6-14(7-9-23)26-19-21-15-5-4-13(20)11-17(15)27-19/h4-5,10-11,14H,3,6-9H2,1-2H3. The maximum Gasteiger partial charge on any atom is 0.274 e. The number of hydrogen-bond acceptors (Lipinski definition) is 5. The second-order valence-corrected chi connectivity index (χ2v) is 7.68. The minimum atomic E-state index is -0.272. The number of piperidine rings is 1. The maximum absolute atomic E-state index is 13.3. The molecule has 142 valence electrons. The fourth-order valence-electron chi connectivity index (χ4n) is 3.37. The molecule has 6 nitrogen and oxygen atoms in total. The third-order valence-electron chi connectivity index (χ3n) is 4.75. The van der Waals surface area contributed by atoms with Crippen LogP contribution in [0.25, 0.3) is 10.2 Å². The first-order valence-corrected chi connectivity index (χ1v) is 9.91. The normalized spacial score (nSPS) is 15.4. The predicted molar refractivity (Wildman–Crippen MR) is 102 cm³/mol. The van der Waals surface area contributed by atoms with Gasteiger partial charge in [-0.2, -0.15) is 5.10 Å². The van der Waals surface area contributed by atoms with Crippen molar-refractivity contribution in [1.82, 2.24) is 19.7 Å². The van der Waals surface area contributed by atoms with Gasteiger partial charge in [-0.1, -0.05) is 11.3 Å². The summed E-state index contributed by atoms with van der Waals surface area (Å²) in [5, 5.41) is 4.91. The highest BCUT2D eigenvalue weighted by Gasteiger charge is 2.27. The van der Waals surface area contributed by atoms with Crippen molar-refractivity contribution in [3.05, 3.63) is 41.5 Å². The van der Waals surface area contributed by atoms with Crippen LogP contribution >= 0.6 is 11.3 Å². The van der Waals surface area contributed by atoms with Gasteiger partial charge >= 0.3 is 0 Å². The fraction of sp³-hybridized carbons (Fsp3) is 0.421. The number of benzene rings is 1. The number of nitrogens with zero attached hydrogens (tertiary/aromatic N) is 4. The quantitative estimate of drug-likeness (QED) is 0.685. The van der Waals surface area contributed by atoms with E-state index in [4.69, 9.17) is 4.74 Å². The Labute approximate surface area is 160 Å². The third-order valence-corrected chi connectivity index (χ3v) is 5.66. The van der Waals surface area contributed by atoms with Gasteiger partial charge in [0.2, 0.25) is 0 Å². The minimum absolute atomic E-state index is 0.0114. The lowest BCUT2D eigenvalue weighted by Gasteiger charge is -2.31. The van der Waals surface area contributed by atoms with Crippen molar-refractivity contribution in [2.24, 2.45) is 0 Å². The van der Waals surface area contributed by atoms with Crippen molar-refractivity contribution in [1.29, 1.82) is 0 Å². The molecule has 0 radical (unpaired) electrons. The first kappa shape index (κ1) is 17.9. The van der Waals surface area contributed by atoms with Gasteiger partial charge < -0.3 is 9.64 Å². The number of aryl methyl sites for hydroxylation is 2. The summed E-state index contributed by atoms with van der Waals surface area (Å²) in [4.78, 5) is 19.1. The van der Waals surface area contributed by atoms with Crippen molar-refractivity contribution >= 4 is 27.5 Å². The molecule has 4 rings (SSSR count). The van der Waals surface area contributed by atoms with Crippen molar-refractivity contribution in [2.45, 2.75) is 39.3 Å². The van der Waals surface area contributed by atoms with Crippen LogP contribution in [-0.4, -0.2) is 44.8 Å². The van der Waals surface area contributed by atoms with E-state index in [1.807, 2.05) is 24.8 Å². The molecule has 3 aromatic rings. The average molecular weight is 388 g/mol. The Hall–Kier alpha value is -2.48. The molecule has 0 aliphatic carbocycles. The largest absolute Gasteiger partial charge is 0.467 e. The number of carbonyl (C=O) groups is 1. The number of rotatable bonds is 4. The van der Waals surface area contributed by atoms with Crippen molar-refractivity contribution in [3.8, 4) is 5.19 Å². The van der Waals surface area contributed by atoms with E-state index in [0.29, 0.717) is 30.5 Å². The van der Waals surface area contributed by atoms with E-state index in [2.05, 4.69) is 10.1 Å². The first-order chi connectivity index (χ1) is 13.0. The van der Waals surface area contributed by atoms with E-state index < -0.39 is 0 Å². The van der Waals surface area contributed by atoms with Gasteiger partial charge in [0.1, 0.15) is 17.6 Å². The molecular weight excluding hydrogens is 367 g/mol. The van der Waals surface area contributed by atoms with E-state index in [0.717, 1.165) is 28.8 Å². The van der Waals surface area contributed by atoms with E-state index in [1.165, 1.54) is 23.5 Å². The molecule has 0 N–H and O–H groups in total. The topological polar surface area (TPSA) is 60.2 Å². The monoisotopic (exact) mass is 388 g/mol. The summed E-state index contributed by atoms with van der Waals surface area (Å²) in [5.41, 5.74) is 2.24. The lowest BCUT2D eigenvalue weighted by molar-refractivity contribution is 0.0584. The second kappa shape index (κ2) is 7.26. The van der Waals surface area contributed by atoms with Crippen molar-refractivity contribution in [3.63, 3.8) is 0 Å². The van der Waals surface area contributed by atoms with Crippen LogP contribution < -0.4 is 4.74 Å². The number of fused-ring (bicyclic) bond motifs is 1. The zero-order valence-corrected chi connectivity index (χ0v) is 16.1. The van der Waals surface area contributed by atoms with Crippen molar-refractivity contribution in [2.75, 3.05) is 13.1 Å². The molecule has 0 saturated carbocycles.